The Balaban J connectivity index is 1.01. The quantitative estimate of drug-likeness (QED) is 0.193. The number of aromatic nitrogens is 3. The summed E-state index contributed by atoms with van der Waals surface area (Å²) in [6.07, 6.45) is 2.36. The third kappa shape index (κ3) is 6.28. The van der Waals surface area contributed by atoms with Crippen molar-refractivity contribution in [3.05, 3.63) is 81.6 Å². The van der Waals surface area contributed by atoms with Gasteiger partial charge >= 0.3 is 11.9 Å². The lowest BCUT2D eigenvalue weighted by molar-refractivity contribution is -0.548. The molecule has 0 N–H and O–H groups in total. The van der Waals surface area contributed by atoms with Crippen LogP contribution in [0.3, 0.4) is 0 Å². The molecule has 13 nitrogen and oxygen atoms in total. The molecule has 1 saturated carbocycles. The molecule has 1 aliphatic carbocycles. The van der Waals surface area contributed by atoms with Gasteiger partial charge in [-0.1, -0.05) is 42.3 Å². The molecule has 9 rings (SSSR count). The number of piperidine rings is 1. The lowest BCUT2D eigenvalue weighted by atomic mass is 9.57. The normalized spacial score (nSPS) is 35.2. The van der Waals surface area contributed by atoms with Gasteiger partial charge < -0.3 is 23.8 Å². The van der Waals surface area contributed by atoms with Gasteiger partial charge in [-0.2, -0.15) is 0 Å². The smallest absolute Gasteiger partial charge is 0.338 e. The molecule has 6 aliphatic rings. The molecular formula is C37H40Cl2N4O9. The highest BCUT2D eigenvalue weighted by molar-refractivity contribution is 6.31. The standard InChI is InChI=1S/C37H40Cl2N4O9/c1-20-4-13-28-21(2)32(44)42(35-37(28)27(20)14-15-36(3,50-35)51-52-37)17-26-18-43(41-40-26)31-16-29(49-34(46)23-7-11-25(39)12-8-23)30(48-31)19-47-33(45)22-5-9-24(38)10-6-22/h5-12,18,20-21,27-31,35H,4,13-17,19H2,1-3H3/t20-,21-,27+,28+,29?,30?,31?,35-,36-,37-/m1/s1. The number of amides is 1. The van der Waals surface area contributed by atoms with Crippen molar-refractivity contribution in [3.63, 3.8) is 0 Å². The fourth-order valence-corrected chi connectivity index (χ4v) is 9.02. The van der Waals surface area contributed by atoms with E-state index < -0.39 is 48.0 Å². The van der Waals surface area contributed by atoms with Crippen LogP contribution in [0.15, 0.2) is 54.7 Å². The van der Waals surface area contributed by atoms with Crippen molar-refractivity contribution in [1.82, 2.24) is 19.9 Å². The zero-order valence-electron chi connectivity index (χ0n) is 29.0. The number of hydrogen-bond acceptors (Lipinski definition) is 11. The van der Waals surface area contributed by atoms with E-state index in [1.54, 1.807) is 59.6 Å². The first-order chi connectivity index (χ1) is 24.9. The minimum atomic E-state index is -0.976. The second-order valence-corrected chi connectivity index (χ2v) is 15.7. The number of halogens is 2. The second-order valence-electron chi connectivity index (χ2n) is 14.8. The number of nitrogens with zero attached hydrogens (tertiary/aromatic N) is 4. The highest BCUT2D eigenvalue weighted by atomic mass is 35.5. The average molecular weight is 756 g/mol. The molecule has 3 aromatic rings. The number of ether oxygens (including phenoxy) is 4. The predicted molar refractivity (Wildman–Crippen MR) is 183 cm³/mol. The molecule has 52 heavy (non-hydrogen) atoms. The molecule has 6 fully saturated rings. The molecule has 6 heterocycles. The van der Waals surface area contributed by atoms with E-state index in [4.69, 9.17) is 51.9 Å². The van der Waals surface area contributed by atoms with Gasteiger partial charge in [-0.05, 0) is 86.6 Å². The third-order valence-corrected chi connectivity index (χ3v) is 12.0. The van der Waals surface area contributed by atoms with Gasteiger partial charge in [0.1, 0.15) is 24.5 Å². The van der Waals surface area contributed by atoms with E-state index in [1.807, 2.05) is 13.8 Å². The Morgan fingerprint density at radius 3 is 2.35 bits per heavy atom. The summed E-state index contributed by atoms with van der Waals surface area (Å²) in [5, 5.41) is 9.75. The molecule has 5 aliphatic heterocycles. The molecule has 10 atom stereocenters. The highest BCUT2D eigenvalue weighted by Gasteiger charge is 2.70. The van der Waals surface area contributed by atoms with Crippen LogP contribution < -0.4 is 0 Å². The van der Waals surface area contributed by atoms with E-state index in [0.29, 0.717) is 39.2 Å². The Morgan fingerprint density at radius 2 is 1.63 bits per heavy atom. The summed E-state index contributed by atoms with van der Waals surface area (Å²) < 4.78 is 26.0. The molecule has 1 amide bonds. The molecule has 2 aromatic carbocycles. The second kappa shape index (κ2) is 13.7. The number of hydrogen-bond donors (Lipinski definition) is 0. The maximum Gasteiger partial charge on any atom is 0.338 e. The fraction of sp³-hybridized carbons (Fsp3) is 0.541. The summed E-state index contributed by atoms with van der Waals surface area (Å²) in [7, 11) is 0. The van der Waals surface area contributed by atoms with Crippen molar-refractivity contribution >= 4 is 41.0 Å². The van der Waals surface area contributed by atoms with Crippen molar-refractivity contribution < 1.29 is 43.1 Å². The SMILES string of the molecule is C[C@@H]1CC[C@H]2[C@@H](C)C(=O)N(Cc3cn(C4CC(OC(=O)c5ccc(Cl)cc5)C(COC(=O)c5ccc(Cl)cc5)O4)nn3)[C@@H]3O[C@@]4(C)CC[C@@H]1[C@@]23OO4. The Kier molecular flexibility index (Phi) is 9.32. The zero-order chi connectivity index (χ0) is 36.4. The molecule has 1 aromatic heterocycles. The number of fused-ring (bicyclic) bond motifs is 2. The molecular weight excluding hydrogens is 715 g/mol. The minimum absolute atomic E-state index is 0.0305. The Morgan fingerprint density at radius 1 is 0.942 bits per heavy atom. The molecule has 276 valence electrons. The molecule has 5 saturated heterocycles. The summed E-state index contributed by atoms with van der Waals surface area (Å²) in [6, 6.07) is 12.6. The molecule has 15 heteroatoms. The van der Waals surface area contributed by atoms with Crippen LogP contribution >= 0.6 is 23.2 Å². The van der Waals surface area contributed by atoms with Gasteiger partial charge in [-0.15, -0.1) is 5.10 Å². The Labute approximate surface area is 310 Å². The first-order valence-electron chi connectivity index (χ1n) is 17.7. The fourth-order valence-electron chi connectivity index (χ4n) is 8.77. The topological polar surface area (TPSA) is 141 Å². The largest absolute Gasteiger partial charge is 0.459 e. The van der Waals surface area contributed by atoms with Crippen LogP contribution in [0, 0.1) is 23.7 Å². The number of likely N-dealkylation sites (tertiary alicyclic amines) is 1. The van der Waals surface area contributed by atoms with Crippen LogP contribution in [0.4, 0.5) is 0 Å². The van der Waals surface area contributed by atoms with Gasteiger partial charge in [-0.25, -0.2) is 24.0 Å². The van der Waals surface area contributed by atoms with Gasteiger partial charge in [0, 0.05) is 34.7 Å². The van der Waals surface area contributed by atoms with Crippen LogP contribution in [-0.4, -0.2) is 74.2 Å². The highest BCUT2D eigenvalue weighted by Crippen LogP contribution is 2.60. The van der Waals surface area contributed by atoms with Gasteiger partial charge in [0.2, 0.25) is 11.7 Å². The Bertz CT molecular complexity index is 1840. The van der Waals surface area contributed by atoms with Crippen LogP contribution in [0.25, 0.3) is 0 Å². The summed E-state index contributed by atoms with van der Waals surface area (Å²) in [5.41, 5.74) is 0.347. The van der Waals surface area contributed by atoms with Crippen LogP contribution in [-0.2, 0) is 40.1 Å². The average Bonchev–Trinajstić information content (AvgIpc) is 3.70. The van der Waals surface area contributed by atoms with E-state index in [9.17, 15) is 14.4 Å². The minimum Gasteiger partial charge on any atom is -0.459 e. The number of carbonyl (C=O) groups excluding carboxylic acids is 3. The summed E-state index contributed by atoms with van der Waals surface area (Å²) in [6.45, 7) is 6.02. The van der Waals surface area contributed by atoms with Gasteiger partial charge in [0.05, 0.1) is 23.9 Å². The molecule has 1 spiro atoms. The first kappa shape index (κ1) is 35.4. The zero-order valence-corrected chi connectivity index (χ0v) is 30.5. The summed E-state index contributed by atoms with van der Waals surface area (Å²) in [4.78, 5) is 54.1. The number of rotatable bonds is 8. The van der Waals surface area contributed by atoms with Crippen molar-refractivity contribution in [2.24, 2.45) is 23.7 Å². The number of benzene rings is 2. The summed E-state index contributed by atoms with van der Waals surface area (Å²) >= 11 is 12.0. The first-order valence-corrected chi connectivity index (χ1v) is 18.5. The van der Waals surface area contributed by atoms with E-state index in [-0.39, 0.29) is 43.2 Å². The third-order valence-electron chi connectivity index (χ3n) is 11.5. The lowest BCUT2D eigenvalue weighted by Gasteiger charge is -2.61. The van der Waals surface area contributed by atoms with Crippen LogP contribution in [0.2, 0.25) is 10.0 Å². The van der Waals surface area contributed by atoms with E-state index in [1.165, 1.54) is 4.68 Å². The summed E-state index contributed by atoms with van der Waals surface area (Å²) in [5.74, 6) is -1.96. The number of carbonyl (C=O) groups is 3. The molecule has 0 radical (unpaired) electrons. The maximum atomic E-state index is 14.1. The molecule has 2 bridgehead atoms. The van der Waals surface area contributed by atoms with Crippen molar-refractivity contribution in [3.8, 4) is 0 Å². The van der Waals surface area contributed by atoms with Gasteiger partial charge in [0.15, 0.2) is 18.1 Å². The van der Waals surface area contributed by atoms with E-state index in [0.717, 1.165) is 19.3 Å². The lowest BCUT2D eigenvalue weighted by Crippen LogP contribution is -2.74. The molecule has 3 unspecified atom stereocenters. The maximum absolute atomic E-state index is 14.1. The van der Waals surface area contributed by atoms with Crippen LogP contribution in [0.1, 0.15) is 85.5 Å². The Hall–Kier alpha value is -3.59. The van der Waals surface area contributed by atoms with E-state index in [2.05, 4.69) is 17.2 Å². The number of esters is 2. The monoisotopic (exact) mass is 754 g/mol. The predicted octanol–water partition coefficient (Wildman–Crippen LogP) is 6.15. The van der Waals surface area contributed by atoms with Crippen molar-refractivity contribution in [2.75, 3.05) is 6.61 Å². The van der Waals surface area contributed by atoms with Gasteiger partial charge in [0.25, 0.3) is 0 Å². The van der Waals surface area contributed by atoms with E-state index >= 15 is 0 Å². The van der Waals surface area contributed by atoms with Crippen molar-refractivity contribution in [2.45, 2.75) is 95.5 Å². The van der Waals surface area contributed by atoms with Gasteiger partial charge in [-0.3, -0.25) is 4.79 Å². The van der Waals surface area contributed by atoms with Crippen molar-refractivity contribution in [1.29, 1.82) is 0 Å². The van der Waals surface area contributed by atoms with Crippen LogP contribution in [0.5, 0.6) is 0 Å².